The lowest BCUT2D eigenvalue weighted by Crippen LogP contribution is -2.15. The Kier molecular flexibility index (Phi) is 5.33. The second-order valence-electron chi connectivity index (χ2n) is 4.48. The van der Waals surface area contributed by atoms with Gasteiger partial charge in [-0.1, -0.05) is 6.07 Å². The summed E-state index contributed by atoms with van der Waals surface area (Å²) in [5.74, 6) is 0. The molecule has 1 unspecified atom stereocenters. The van der Waals surface area contributed by atoms with E-state index in [1.54, 1.807) is 7.11 Å². The fourth-order valence-electron chi connectivity index (χ4n) is 1.72. The molecular formula is C14H23NO. The number of ether oxygens (including phenoxy) is 1. The van der Waals surface area contributed by atoms with Gasteiger partial charge in [0.05, 0.1) is 0 Å². The summed E-state index contributed by atoms with van der Waals surface area (Å²) in [7, 11) is 1.75. The lowest BCUT2D eigenvalue weighted by Gasteiger charge is -2.16. The van der Waals surface area contributed by atoms with Crippen molar-refractivity contribution in [3.63, 3.8) is 0 Å². The summed E-state index contributed by atoms with van der Waals surface area (Å²) in [6, 6.07) is 7.02. The van der Waals surface area contributed by atoms with Crippen LogP contribution in [-0.4, -0.2) is 19.8 Å². The molecule has 1 N–H and O–H groups in total. The first-order chi connectivity index (χ1) is 7.63. The lowest BCUT2D eigenvalue weighted by molar-refractivity contribution is 0.191. The van der Waals surface area contributed by atoms with Gasteiger partial charge in [0.2, 0.25) is 0 Å². The fraction of sp³-hybridized carbons (Fsp3) is 0.571. The third kappa shape index (κ3) is 4.23. The number of rotatable bonds is 6. The summed E-state index contributed by atoms with van der Waals surface area (Å²) in [4.78, 5) is 0. The molecule has 0 aromatic heterocycles. The van der Waals surface area contributed by atoms with Gasteiger partial charge in [0.25, 0.3) is 0 Å². The molecule has 1 aromatic rings. The van der Waals surface area contributed by atoms with E-state index in [9.17, 15) is 0 Å². The molecule has 16 heavy (non-hydrogen) atoms. The zero-order valence-electron chi connectivity index (χ0n) is 10.8. The number of aryl methyl sites for hydroxylation is 2. The van der Waals surface area contributed by atoms with Crippen LogP contribution in [0.5, 0.6) is 0 Å². The van der Waals surface area contributed by atoms with Crippen molar-refractivity contribution in [3.05, 3.63) is 29.3 Å². The number of nitrogens with one attached hydrogen (secondary N) is 1. The minimum absolute atomic E-state index is 0.497. The van der Waals surface area contributed by atoms with E-state index in [-0.39, 0.29) is 0 Å². The third-order valence-electron chi connectivity index (χ3n) is 2.91. The van der Waals surface area contributed by atoms with E-state index in [2.05, 4.69) is 44.3 Å². The molecule has 0 radical (unpaired) electrons. The smallest absolute Gasteiger partial charge is 0.0463 e. The maximum atomic E-state index is 5.05. The van der Waals surface area contributed by atoms with Crippen LogP contribution in [0.1, 0.15) is 30.9 Å². The number of methoxy groups -OCH3 is 1. The number of hydrogen-bond acceptors (Lipinski definition) is 2. The van der Waals surface area contributed by atoms with Crippen LogP contribution >= 0.6 is 0 Å². The van der Waals surface area contributed by atoms with Gasteiger partial charge in [-0.05, 0) is 56.9 Å². The number of anilines is 1. The molecular weight excluding hydrogens is 198 g/mol. The molecule has 1 rings (SSSR count). The highest BCUT2D eigenvalue weighted by Crippen LogP contribution is 2.16. The molecule has 0 bridgehead atoms. The van der Waals surface area contributed by atoms with Crippen LogP contribution in [0.4, 0.5) is 5.69 Å². The quantitative estimate of drug-likeness (QED) is 0.742. The largest absolute Gasteiger partial charge is 0.385 e. The molecule has 0 aliphatic rings. The molecule has 0 saturated carbocycles. The normalized spacial score (nSPS) is 12.5. The highest BCUT2D eigenvalue weighted by atomic mass is 16.5. The molecule has 0 amide bonds. The fourth-order valence-corrected chi connectivity index (χ4v) is 1.72. The Labute approximate surface area is 99.0 Å². The van der Waals surface area contributed by atoms with Crippen molar-refractivity contribution in [2.45, 2.75) is 39.7 Å². The van der Waals surface area contributed by atoms with Crippen LogP contribution < -0.4 is 5.32 Å². The van der Waals surface area contributed by atoms with E-state index in [0.29, 0.717) is 6.04 Å². The highest BCUT2D eigenvalue weighted by molar-refractivity contribution is 5.48. The zero-order chi connectivity index (χ0) is 12.0. The third-order valence-corrected chi connectivity index (χ3v) is 2.91. The molecule has 0 aliphatic carbocycles. The van der Waals surface area contributed by atoms with E-state index < -0.39 is 0 Å². The van der Waals surface area contributed by atoms with E-state index in [1.165, 1.54) is 16.8 Å². The summed E-state index contributed by atoms with van der Waals surface area (Å²) >= 11 is 0. The first-order valence-corrected chi connectivity index (χ1v) is 5.96. The summed E-state index contributed by atoms with van der Waals surface area (Å²) in [5.41, 5.74) is 3.90. The molecule has 0 heterocycles. The highest BCUT2D eigenvalue weighted by Gasteiger charge is 2.02. The van der Waals surface area contributed by atoms with Gasteiger partial charge in [0.15, 0.2) is 0 Å². The van der Waals surface area contributed by atoms with Crippen LogP contribution in [0.2, 0.25) is 0 Å². The van der Waals surface area contributed by atoms with Gasteiger partial charge >= 0.3 is 0 Å². The number of hydrogen-bond donors (Lipinski definition) is 1. The monoisotopic (exact) mass is 221 g/mol. The molecule has 2 heteroatoms. The first-order valence-electron chi connectivity index (χ1n) is 5.96. The van der Waals surface area contributed by atoms with Crippen molar-refractivity contribution >= 4 is 5.69 Å². The Morgan fingerprint density at radius 1 is 1.25 bits per heavy atom. The van der Waals surface area contributed by atoms with Gasteiger partial charge in [-0.3, -0.25) is 0 Å². The van der Waals surface area contributed by atoms with Crippen molar-refractivity contribution in [1.29, 1.82) is 0 Å². The predicted molar refractivity (Wildman–Crippen MR) is 70.1 cm³/mol. The average molecular weight is 221 g/mol. The molecule has 1 atom stereocenters. The Morgan fingerprint density at radius 2 is 2.00 bits per heavy atom. The van der Waals surface area contributed by atoms with Crippen LogP contribution in [0.15, 0.2) is 18.2 Å². The minimum Gasteiger partial charge on any atom is -0.385 e. The van der Waals surface area contributed by atoms with Gasteiger partial charge in [0.1, 0.15) is 0 Å². The van der Waals surface area contributed by atoms with E-state index in [4.69, 9.17) is 4.74 Å². The maximum Gasteiger partial charge on any atom is 0.0463 e. The summed E-state index contributed by atoms with van der Waals surface area (Å²) in [6.07, 6.45) is 2.25. The van der Waals surface area contributed by atoms with Gasteiger partial charge in [-0.2, -0.15) is 0 Å². The number of benzene rings is 1. The first kappa shape index (κ1) is 13.0. The van der Waals surface area contributed by atoms with Crippen LogP contribution in [0, 0.1) is 13.8 Å². The van der Waals surface area contributed by atoms with Gasteiger partial charge in [0, 0.05) is 25.4 Å². The van der Waals surface area contributed by atoms with Crippen molar-refractivity contribution in [1.82, 2.24) is 0 Å². The molecule has 0 aliphatic heterocycles. The molecule has 0 saturated heterocycles. The van der Waals surface area contributed by atoms with Crippen LogP contribution in [0.3, 0.4) is 0 Å². The standard InChI is InChI=1S/C14H23NO/c1-11-7-8-14(10-12(11)2)15-13(3)6-5-9-16-4/h7-8,10,13,15H,5-6,9H2,1-4H3. The van der Waals surface area contributed by atoms with Crippen LogP contribution in [-0.2, 0) is 4.74 Å². The second-order valence-corrected chi connectivity index (χ2v) is 4.48. The Morgan fingerprint density at radius 3 is 2.62 bits per heavy atom. The topological polar surface area (TPSA) is 21.3 Å². The van der Waals surface area contributed by atoms with Gasteiger partial charge in [-0.15, -0.1) is 0 Å². The van der Waals surface area contributed by atoms with Crippen molar-refractivity contribution in [2.75, 3.05) is 19.0 Å². The Bertz CT molecular complexity index is 323. The van der Waals surface area contributed by atoms with Crippen molar-refractivity contribution in [2.24, 2.45) is 0 Å². The maximum absolute atomic E-state index is 5.05. The summed E-state index contributed by atoms with van der Waals surface area (Å²) in [5, 5.41) is 3.51. The second kappa shape index (κ2) is 6.54. The van der Waals surface area contributed by atoms with E-state index in [0.717, 1.165) is 19.4 Å². The Balaban J connectivity index is 2.43. The lowest BCUT2D eigenvalue weighted by atomic mass is 10.1. The van der Waals surface area contributed by atoms with E-state index >= 15 is 0 Å². The SMILES string of the molecule is COCCCC(C)Nc1ccc(C)c(C)c1. The molecule has 0 fully saturated rings. The molecule has 1 aromatic carbocycles. The summed E-state index contributed by atoms with van der Waals surface area (Å²) < 4.78 is 5.05. The van der Waals surface area contributed by atoms with Crippen molar-refractivity contribution < 1.29 is 4.74 Å². The molecule has 2 nitrogen and oxygen atoms in total. The predicted octanol–water partition coefficient (Wildman–Crippen LogP) is 3.53. The molecule has 0 spiro atoms. The Hall–Kier alpha value is -1.02. The van der Waals surface area contributed by atoms with E-state index in [1.807, 2.05) is 0 Å². The molecule has 90 valence electrons. The van der Waals surface area contributed by atoms with Gasteiger partial charge < -0.3 is 10.1 Å². The van der Waals surface area contributed by atoms with Gasteiger partial charge in [-0.25, -0.2) is 0 Å². The van der Waals surface area contributed by atoms with Crippen LogP contribution in [0.25, 0.3) is 0 Å². The average Bonchev–Trinajstić information content (AvgIpc) is 2.24. The van der Waals surface area contributed by atoms with Crippen molar-refractivity contribution in [3.8, 4) is 0 Å². The summed E-state index contributed by atoms with van der Waals surface area (Å²) in [6.45, 7) is 7.35. The minimum atomic E-state index is 0.497. The zero-order valence-corrected chi connectivity index (χ0v) is 10.8.